The molecule has 0 saturated carbocycles. The molecule has 27 heavy (non-hydrogen) atoms. The lowest BCUT2D eigenvalue weighted by Crippen LogP contribution is -2.24. The Morgan fingerprint density at radius 1 is 1.26 bits per heavy atom. The van der Waals surface area contributed by atoms with Crippen molar-refractivity contribution in [2.45, 2.75) is 20.0 Å². The maximum atomic E-state index is 13.6. The molecular weight excluding hydrogens is 396 g/mol. The van der Waals surface area contributed by atoms with E-state index >= 15 is 0 Å². The van der Waals surface area contributed by atoms with Crippen LogP contribution in [-0.4, -0.2) is 25.4 Å². The number of carboxylic acids is 1. The lowest BCUT2D eigenvalue weighted by Gasteiger charge is -2.20. The van der Waals surface area contributed by atoms with Gasteiger partial charge in [-0.1, -0.05) is 23.2 Å². The van der Waals surface area contributed by atoms with E-state index in [2.05, 4.69) is 5.10 Å². The molecule has 0 aliphatic carbocycles. The van der Waals surface area contributed by atoms with E-state index in [-0.39, 0.29) is 17.3 Å². The van der Waals surface area contributed by atoms with Gasteiger partial charge in [0.15, 0.2) is 10.6 Å². The zero-order valence-electron chi connectivity index (χ0n) is 14.1. The van der Waals surface area contributed by atoms with Crippen LogP contribution in [0.2, 0.25) is 10.2 Å². The van der Waals surface area contributed by atoms with Gasteiger partial charge in [0.25, 0.3) is 0 Å². The summed E-state index contributed by atoms with van der Waals surface area (Å²) in [5.74, 6) is -2.00. The van der Waals surface area contributed by atoms with E-state index in [1.54, 1.807) is 16.8 Å². The minimum atomic E-state index is -1.37. The minimum absolute atomic E-state index is 0.160. The molecule has 0 amide bonds. The average Bonchev–Trinajstić information content (AvgIpc) is 3.01. The predicted molar refractivity (Wildman–Crippen MR) is 100 cm³/mol. The van der Waals surface area contributed by atoms with Gasteiger partial charge in [-0.15, -0.1) is 0 Å². The van der Waals surface area contributed by atoms with E-state index in [9.17, 15) is 19.1 Å². The van der Waals surface area contributed by atoms with Crippen molar-refractivity contribution in [1.29, 1.82) is 0 Å². The number of hydrogen-bond acceptors (Lipinski definition) is 3. The van der Waals surface area contributed by atoms with Crippen LogP contribution in [-0.2, 0) is 13.1 Å². The molecule has 0 bridgehead atoms. The zero-order valence-corrected chi connectivity index (χ0v) is 15.6. The highest BCUT2D eigenvalue weighted by Crippen LogP contribution is 2.28. The quantitative estimate of drug-likeness (QED) is 0.692. The molecule has 140 valence electrons. The molecule has 0 fully saturated rings. The van der Waals surface area contributed by atoms with Crippen molar-refractivity contribution in [3.8, 4) is 11.3 Å². The fourth-order valence-corrected chi connectivity index (χ4v) is 3.26. The van der Waals surface area contributed by atoms with Crippen molar-refractivity contribution in [2.75, 3.05) is 0 Å². The van der Waals surface area contributed by atoms with Gasteiger partial charge in [0.1, 0.15) is 11.4 Å². The monoisotopic (exact) mass is 409 g/mol. The van der Waals surface area contributed by atoms with Crippen LogP contribution in [0.3, 0.4) is 0 Å². The Bertz CT molecular complexity index is 1090. The molecule has 2 heterocycles. The Balaban J connectivity index is 2.29. The van der Waals surface area contributed by atoms with Crippen LogP contribution in [0.25, 0.3) is 11.3 Å². The number of halogens is 3. The summed E-state index contributed by atoms with van der Waals surface area (Å²) in [5, 5.41) is 13.8. The van der Waals surface area contributed by atoms with Crippen molar-refractivity contribution < 1.29 is 14.3 Å². The first kappa shape index (κ1) is 19.1. The van der Waals surface area contributed by atoms with Crippen molar-refractivity contribution >= 4 is 29.2 Å². The van der Waals surface area contributed by atoms with Crippen molar-refractivity contribution in [3.63, 3.8) is 0 Å². The second-order valence-corrected chi connectivity index (χ2v) is 6.53. The van der Waals surface area contributed by atoms with Crippen molar-refractivity contribution in [3.05, 3.63) is 74.0 Å². The van der Waals surface area contributed by atoms with Crippen LogP contribution in [0.4, 0.5) is 4.39 Å². The zero-order chi connectivity index (χ0) is 19.7. The molecule has 0 spiro atoms. The predicted octanol–water partition coefficient (Wildman–Crippen LogP) is 3.92. The maximum absolute atomic E-state index is 13.6. The molecule has 9 heteroatoms. The van der Waals surface area contributed by atoms with Crippen molar-refractivity contribution in [1.82, 2.24) is 14.3 Å². The maximum Gasteiger partial charge on any atom is 0.341 e. The van der Waals surface area contributed by atoms with Gasteiger partial charge in [0.2, 0.25) is 0 Å². The number of pyridine rings is 1. The Hall–Kier alpha value is -2.64. The van der Waals surface area contributed by atoms with E-state index < -0.39 is 22.8 Å². The summed E-state index contributed by atoms with van der Waals surface area (Å²) in [6.45, 7) is 2.39. The highest BCUT2D eigenvalue weighted by Gasteiger charge is 2.22. The molecule has 3 aromatic rings. The summed E-state index contributed by atoms with van der Waals surface area (Å²) in [7, 11) is 0. The number of rotatable bonds is 5. The molecule has 0 aliphatic heterocycles. The third kappa shape index (κ3) is 3.74. The molecule has 0 saturated heterocycles. The molecule has 0 radical (unpaired) electrons. The Kier molecular flexibility index (Phi) is 5.34. The molecule has 6 nitrogen and oxygen atoms in total. The Labute approximate surface area is 163 Å². The molecular formula is C18H14Cl2FN3O3. The Morgan fingerprint density at radius 3 is 2.56 bits per heavy atom. The van der Waals surface area contributed by atoms with Gasteiger partial charge >= 0.3 is 5.97 Å². The van der Waals surface area contributed by atoms with Crippen LogP contribution < -0.4 is 5.43 Å². The molecule has 0 unspecified atom stereocenters. The van der Waals surface area contributed by atoms with Crippen LogP contribution in [0, 0.1) is 5.82 Å². The topological polar surface area (TPSA) is 77.1 Å². The third-order valence-corrected chi connectivity index (χ3v) is 4.54. The molecule has 2 aromatic heterocycles. The number of benzene rings is 1. The largest absolute Gasteiger partial charge is 0.477 e. The normalized spacial score (nSPS) is 11.0. The fraction of sp³-hybridized carbons (Fsp3) is 0.167. The van der Waals surface area contributed by atoms with Gasteiger partial charge in [-0.25, -0.2) is 9.18 Å². The van der Waals surface area contributed by atoms with Gasteiger partial charge in [0, 0.05) is 30.1 Å². The number of hydrogen-bond donors (Lipinski definition) is 1. The second-order valence-electron chi connectivity index (χ2n) is 5.74. The summed E-state index contributed by atoms with van der Waals surface area (Å²) < 4.78 is 16.8. The fourth-order valence-electron chi connectivity index (χ4n) is 2.93. The summed E-state index contributed by atoms with van der Waals surface area (Å²) in [6.07, 6.45) is 1.65. The number of aromatic nitrogens is 3. The molecule has 0 atom stereocenters. The lowest BCUT2D eigenvalue weighted by atomic mass is 10.0. The highest BCUT2D eigenvalue weighted by atomic mass is 35.5. The standard InChI is InChI=1S/C18H14Cl2FN3O3/c1-2-24-11(9-23-6-5-15(20)22-23)8-14(25)16(18(26)27)17(24)10-3-4-13(21)12(19)7-10/h3-8H,2,9H2,1H3,(H,26,27). The molecule has 1 aromatic carbocycles. The van der Waals surface area contributed by atoms with Gasteiger partial charge in [-0.3, -0.25) is 9.48 Å². The summed E-state index contributed by atoms with van der Waals surface area (Å²) >= 11 is 11.7. The van der Waals surface area contributed by atoms with E-state index in [1.165, 1.54) is 22.9 Å². The van der Waals surface area contributed by atoms with Crippen LogP contribution >= 0.6 is 23.2 Å². The van der Waals surface area contributed by atoms with Crippen molar-refractivity contribution in [2.24, 2.45) is 0 Å². The minimum Gasteiger partial charge on any atom is -0.477 e. The number of nitrogens with zero attached hydrogens (tertiary/aromatic N) is 3. The number of carboxylic acid groups (broad SMARTS) is 1. The van der Waals surface area contributed by atoms with Crippen LogP contribution in [0.1, 0.15) is 23.0 Å². The SMILES string of the molecule is CCn1c(Cn2ccc(Cl)n2)cc(=O)c(C(=O)O)c1-c1ccc(F)c(Cl)c1. The van der Waals surface area contributed by atoms with E-state index in [0.717, 1.165) is 6.07 Å². The third-order valence-electron chi connectivity index (χ3n) is 4.05. The van der Waals surface area contributed by atoms with Gasteiger partial charge < -0.3 is 9.67 Å². The van der Waals surface area contributed by atoms with E-state index in [0.29, 0.717) is 23.0 Å². The number of aromatic carboxylic acids is 1. The van der Waals surface area contributed by atoms with Gasteiger partial charge in [-0.05, 0) is 31.2 Å². The molecule has 0 aliphatic rings. The first-order chi connectivity index (χ1) is 12.8. The average molecular weight is 410 g/mol. The lowest BCUT2D eigenvalue weighted by molar-refractivity contribution is 0.0695. The summed E-state index contributed by atoms with van der Waals surface area (Å²) in [4.78, 5) is 24.3. The smallest absolute Gasteiger partial charge is 0.341 e. The van der Waals surface area contributed by atoms with Gasteiger partial charge in [-0.2, -0.15) is 5.10 Å². The summed E-state index contributed by atoms with van der Waals surface area (Å²) in [5.41, 5.74) is -0.0360. The van der Waals surface area contributed by atoms with E-state index in [1.807, 2.05) is 6.92 Å². The summed E-state index contributed by atoms with van der Waals surface area (Å²) in [6, 6.07) is 6.69. The first-order valence-electron chi connectivity index (χ1n) is 7.96. The first-order valence-corrected chi connectivity index (χ1v) is 8.71. The van der Waals surface area contributed by atoms with Crippen LogP contribution in [0.15, 0.2) is 41.3 Å². The molecule has 1 N–H and O–H groups in total. The Morgan fingerprint density at radius 2 is 2.00 bits per heavy atom. The number of carbonyl (C=O) groups is 1. The highest BCUT2D eigenvalue weighted by molar-refractivity contribution is 6.31. The molecule has 3 rings (SSSR count). The van der Waals surface area contributed by atoms with E-state index in [4.69, 9.17) is 23.2 Å². The van der Waals surface area contributed by atoms with Crippen LogP contribution in [0.5, 0.6) is 0 Å². The van der Waals surface area contributed by atoms with Gasteiger partial charge in [0.05, 0.1) is 17.3 Å². The second kappa shape index (κ2) is 7.54.